The minimum Gasteiger partial charge on any atom is -0.399 e. The van der Waals surface area contributed by atoms with Gasteiger partial charge in [0.15, 0.2) is 5.43 Å². The summed E-state index contributed by atoms with van der Waals surface area (Å²) in [6.07, 6.45) is 0. The zero-order valence-electron chi connectivity index (χ0n) is 8.22. The predicted molar refractivity (Wildman–Crippen MR) is 58.5 cm³/mol. The molecule has 72 valence electrons. The lowest BCUT2D eigenvalue weighted by atomic mass is 10.1. The summed E-state index contributed by atoms with van der Waals surface area (Å²) in [5.41, 5.74) is 9.08. The van der Waals surface area contributed by atoms with E-state index in [2.05, 4.69) is 4.98 Å². The fourth-order valence-electron chi connectivity index (χ4n) is 1.68. The van der Waals surface area contributed by atoms with E-state index in [9.17, 15) is 4.79 Å². The highest BCUT2D eigenvalue weighted by Crippen LogP contribution is 2.17. The molecule has 0 saturated carbocycles. The Morgan fingerprint density at radius 1 is 1.21 bits per heavy atom. The second-order valence-electron chi connectivity index (χ2n) is 3.58. The van der Waals surface area contributed by atoms with Gasteiger partial charge < -0.3 is 10.7 Å². The Hall–Kier alpha value is -1.77. The van der Waals surface area contributed by atoms with Crippen molar-refractivity contribution in [2.45, 2.75) is 13.8 Å². The lowest BCUT2D eigenvalue weighted by Crippen LogP contribution is -2.04. The number of nitrogens with one attached hydrogen (secondary N) is 1. The minimum absolute atomic E-state index is 0.0200. The van der Waals surface area contributed by atoms with Gasteiger partial charge in [-0.05, 0) is 31.5 Å². The summed E-state index contributed by atoms with van der Waals surface area (Å²) in [5, 5.41) is 0.660. The number of rotatable bonds is 0. The molecule has 0 saturated heterocycles. The van der Waals surface area contributed by atoms with Crippen LogP contribution in [-0.2, 0) is 0 Å². The highest BCUT2D eigenvalue weighted by molar-refractivity contribution is 5.84. The summed E-state index contributed by atoms with van der Waals surface area (Å²) >= 11 is 0. The summed E-state index contributed by atoms with van der Waals surface area (Å²) in [4.78, 5) is 14.8. The topological polar surface area (TPSA) is 58.9 Å². The maximum Gasteiger partial charge on any atom is 0.189 e. The monoisotopic (exact) mass is 188 g/mol. The maximum absolute atomic E-state index is 11.6. The van der Waals surface area contributed by atoms with E-state index in [1.807, 2.05) is 19.9 Å². The van der Waals surface area contributed by atoms with Crippen molar-refractivity contribution < 1.29 is 0 Å². The summed E-state index contributed by atoms with van der Waals surface area (Å²) in [5.74, 6) is 0. The van der Waals surface area contributed by atoms with Gasteiger partial charge in [-0.15, -0.1) is 0 Å². The van der Waals surface area contributed by atoms with E-state index in [-0.39, 0.29) is 5.43 Å². The van der Waals surface area contributed by atoms with Crippen molar-refractivity contribution in [2.75, 3.05) is 5.73 Å². The van der Waals surface area contributed by atoms with E-state index in [4.69, 9.17) is 5.73 Å². The molecule has 1 heterocycles. The molecule has 0 atom stereocenters. The Kier molecular flexibility index (Phi) is 1.81. The molecule has 0 amide bonds. The smallest absolute Gasteiger partial charge is 0.189 e. The number of nitrogens with two attached hydrogens (primary N) is 1. The standard InChI is InChI=1S/C11H12N2O/c1-6-3-8(12)5-9-10(14)4-7(2)13-11(6)9/h3-5H,12H2,1-2H3,(H,13,14). The van der Waals surface area contributed by atoms with E-state index >= 15 is 0 Å². The van der Waals surface area contributed by atoms with Crippen LogP contribution >= 0.6 is 0 Å². The third-order valence-corrected chi connectivity index (χ3v) is 2.29. The summed E-state index contributed by atoms with van der Waals surface area (Å²) in [7, 11) is 0. The first-order valence-corrected chi connectivity index (χ1v) is 4.47. The molecule has 0 aliphatic rings. The number of pyridine rings is 1. The van der Waals surface area contributed by atoms with Crippen molar-refractivity contribution in [1.29, 1.82) is 0 Å². The zero-order valence-corrected chi connectivity index (χ0v) is 8.22. The van der Waals surface area contributed by atoms with Crippen LogP contribution in [0.2, 0.25) is 0 Å². The van der Waals surface area contributed by atoms with Gasteiger partial charge in [0.1, 0.15) is 0 Å². The van der Waals surface area contributed by atoms with Crippen molar-refractivity contribution >= 4 is 16.6 Å². The van der Waals surface area contributed by atoms with Crippen molar-refractivity contribution in [2.24, 2.45) is 0 Å². The first-order valence-electron chi connectivity index (χ1n) is 4.47. The molecule has 0 radical (unpaired) electrons. The molecule has 1 aromatic carbocycles. The third-order valence-electron chi connectivity index (χ3n) is 2.29. The predicted octanol–water partition coefficient (Wildman–Crippen LogP) is 1.73. The van der Waals surface area contributed by atoms with Gasteiger partial charge in [-0.3, -0.25) is 4.79 Å². The minimum atomic E-state index is 0.0200. The maximum atomic E-state index is 11.6. The molecule has 0 aliphatic heterocycles. The number of hydrogen-bond donors (Lipinski definition) is 2. The van der Waals surface area contributed by atoms with Crippen molar-refractivity contribution in [3.05, 3.63) is 39.7 Å². The van der Waals surface area contributed by atoms with Crippen molar-refractivity contribution in [3.63, 3.8) is 0 Å². The molecule has 2 aromatic rings. The molecule has 0 aliphatic carbocycles. The van der Waals surface area contributed by atoms with Crippen LogP contribution in [0.4, 0.5) is 5.69 Å². The third kappa shape index (κ3) is 1.27. The first-order chi connectivity index (χ1) is 6.58. The Morgan fingerprint density at radius 3 is 2.64 bits per heavy atom. The lowest BCUT2D eigenvalue weighted by molar-refractivity contribution is 1.23. The summed E-state index contributed by atoms with van der Waals surface area (Å²) < 4.78 is 0. The lowest BCUT2D eigenvalue weighted by Gasteiger charge is -2.04. The van der Waals surface area contributed by atoms with E-state index in [0.717, 1.165) is 16.8 Å². The molecule has 0 fully saturated rings. The Bertz CT molecular complexity index is 555. The fourth-order valence-corrected chi connectivity index (χ4v) is 1.68. The largest absolute Gasteiger partial charge is 0.399 e. The van der Waals surface area contributed by atoms with Gasteiger partial charge in [0.25, 0.3) is 0 Å². The number of nitrogen functional groups attached to an aromatic ring is 1. The van der Waals surface area contributed by atoms with Crippen LogP contribution in [0.1, 0.15) is 11.3 Å². The number of hydrogen-bond acceptors (Lipinski definition) is 2. The summed E-state index contributed by atoms with van der Waals surface area (Å²) in [6.45, 7) is 3.81. The molecular formula is C11H12N2O. The van der Waals surface area contributed by atoms with Crippen molar-refractivity contribution in [1.82, 2.24) is 4.98 Å². The molecule has 2 rings (SSSR count). The molecular weight excluding hydrogens is 176 g/mol. The molecule has 3 N–H and O–H groups in total. The highest BCUT2D eigenvalue weighted by atomic mass is 16.1. The Labute approximate surface area is 81.6 Å². The quantitative estimate of drug-likeness (QED) is 0.618. The highest BCUT2D eigenvalue weighted by Gasteiger charge is 2.03. The molecule has 1 aromatic heterocycles. The molecule has 0 unspecified atom stereocenters. The number of aromatic amines is 1. The van der Waals surface area contributed by atoms with E-state index in [1.54, 1.807) is 12.1 Å². The number of aromatic nitrogens is 1. The number of anilines is 1. The van der Waals surface area contributed by atoms with Crippen molar-refractivity contribution in [3.8, 4) is 0 Å². The number of H-pyrrole nitrogens is 1. The summed E-state index contributed by atoms with van der Waals surface area (Å²) in [6, 6.07) is 5.15. The molecule has 0 spiro atoms. The zero-order chi connectivity index (χ0) is 10.3. The molecule has 0 bridgehead atoms. The van der Waals surface area contributed by atoms with E-state index in [1.165, 1.54) is 0 Å². The van der Waals surface area contributed by atoms with Crippen LogP contribution in [0, 0.1) is 13.8 Å². The number of fused-ring (bicyclic) bond motifs is 1. The Morgan fingerprint density at radius 2 is 1.93 bits per heavy atom. The van der Waals surface area contributed by atoms with E-state index < -0.39 is 0 Å². The fraction of sp³-hybridized carbons (Fsp3) is 0.182. The second-order valence-corrected chi connectivity index (χ2v) is 3.58. The van der Waals surface area contributed by atoms with Crippen LogP contribution in [0.5, 0.6) is 0 Å². The second kappa shape index (κ2) is 2.87. The van der Waals surface area contributed by atoms with E-state index in [0.29, 0.717) is 11.1 Å². The van der Waals surface area contributed by atoms with Gasteiger partial charge in [0.05, 0.1) is 5.52 Å². The SMILES string of the molecule is Cc1cc(=O)c2cc(N)cc(C)c2[nH]1. The molecule has 14 heavy (non-hydrogen) atoms. The normalized spacial score (nSPS) is 10.7. The van der Waals surface area contributed by atoms with Gasteiger partial charge in [0, 0.05) is 22.8 Å². The van der Waals surface area contributed by atoms with Crippen LogP contribution in [0.25, 0.3) is 10.9 Å². The van der Waals surface area contributed by atoms with Crippen LogP contribution in [0.15, 0.2) is 23.0 Å². The van der Waals surface area contributed by atoms with Gasteiger partial charge in [-0.2, -0.15) is 0 Å². The molecule has 3 nitrogen and oxygen atoms in total. The van der Waals surface area contributed by atoms with Gasteiger partial charge in [-0.1, -0.05) is 0 Å². The Balaban J connectivity index is 3.02. The van der Waals surface area contributed by atoms with Gasteiger partial charge >= 0.3 is 0 Å². The number of benzene rings is 1. The van der Waals surface area contributed by atoms with Gasteiger partial charge in [0.2, 0.25) is 0 Å². The average molecular weight is 188 g/mol. The number of aryl methyl sites for hydroxylation is 2. The van der Waals surface area contributed by atoms with Crippen LogP contribution in [0.3, 0.4) is 0 Å². The molecule has 3 heteroatoms. The van der Waals surface area contributed by atoms with Gasteiger partial charge in [-0.25, -0.2) is 0 Å². The first kappa shape index (κ1) is 8.81. The average Bonchev–Trinajstić information content (AvgIpc) is 2.07. The van der Waals surface area contributed by atoms with Crippen LogP contribution in [-0.4, -0.2) is 4.98 Å². The van der Waals surface area contributed by atoms with Crippen LogP contribution < -0.4 is 11.2 Å².